The van der Waals surface area contributed by atoms with E-state index in [9.17, 15) is 5.11 Å². The zero-order valence-corrected chi connectivity index (χ0v) is 8.01. The van der Waals surface area contributed by atoms with Crippen LogP contribution < -0.4 is 4.90 Å². The Labute approximate surface area is 76.0 Å². The molecular weight excluding hydrogens is 172 g/mol. The van der Waals surface area contributed by atoms with Gasteiger partial charge in [-0.1, -0.05) is 17.4 Å². The standard InChI is InChI=1S/C8H12N2OS/c1-4-6(11)7-5-9-8(12-7)10(2)3/h4-6,11H,1H2,2-3H3. The monoisotopic (exact) mass is 184 g/mol. The molecule has 4 heteroatoms. The molecule has 0 aliphatic heterocycles. The number of thiazole rings is 1. The molecule has 3 nitrogen and oxygen atoms in total. The summed E-state index contributed by atoms with van der Waals surface area (Å²) in [7, 11) is 3.84. The molecule has 0 amide bonds. The number of aliphatic hydroxyl groups excluding tert-OH is 1. The predicted molar refractivity (Wildman–Crippen MR) is 51.6 cm³/mol. The van der Waals surface area contributed by atoms with Gasteiger partial charge in [0.15, 0.2) is 5.13 Å². The minimum absolute atomic E-state index is 0.587. The van der Waals surface area contributed by atoms with Crippen molar-refractivity contribution in [3.05, 3.63) is 23.7 Å². The van der Waals surface area contributed by atoms with Crippen molar-refractivity contribution in [2.24, 2.45) is 0 Å². The van der Waals surface area contributed by atoms with Crippen molar-refractivity contribution in [1.82, 2.24) is 4.98 Å². The van der Waals surface area contributed by atoms with Gasteiger partial charge in [0.05, 0.1) is 4.88 Å². The molecule has 0 aliphatic rings. The van der Waals surface area contributed by atoms with Gasteiger partial charge in [-0.2, -0.15) is 0 Å². The molecule has 0 spiro atoms. The third kappa shape index (κ3) is 1.84. The molecule has 0 aliphatic carbocycles. The molecule has 1 aromatic rings. The molecule has 1 rings (SSSR count). The molecule has 0 saturated carbocycles. The van der Waals surface area contributed by atoms with Gasteiger partial charge in [0, 0.05) is 20.3 Å². The van der Waals surface area contributed by atoms with E-state index in [1.54, 1.807) is 6.20 Å². The highest BCUT2D eigenvalue weighted by atomic mass is 32.1. The second kappa shape index (κ2) is 3.69. The molecule has 0 aromatic carbocycles. The minimum atomic E-state index is -0.587. The molecule has 0 bridgehead atoms. The summed E-state index contributed by atoms with van der Waals surface area (Å²) in [5, 5.41) is 10.3. The van der Waals surface area contributed by atoms with Gasteiger partial charge < -0.3 is 10.0 Å². The molecule has 1 unspecified atom stereocenters. The molecule has 1 atom stereocenters. The van der Waals surface area contributed by atoms with Crippen LogP contribution in [0.3, 0.4) is 0 Å². The summed E-state index contributed by atoms with van der Waals surface area (Å²) in [5.41, 5.74) is 0. The lowest BCUT2D eigenvalue weighted by Gasteiger charge is -2.05. The highest BCUT2D eigenvalue weighted by Gasteiger charge is 2.08. The van der Waals surface area contributed by atoms with Gasteiger partial charge in [0.1, 0.15) is 6.10 Å². The first-order valence-corrected chi connectivity index (χ1v) is 4.40. The third-order valence-electron chi connectivity index (χ3n) is 1.41. The Morgan fingerprint density at radius 1 is 1.75 bits per heavy atom. The maximum Gasteiger partial charge on any atom is 0.185 e. The van der Waals surface area contributed by atoms with Gasteiger partial charge >= 0.3 is 0 Å². The zero-order chi connectivity index (χ0) is 9.14. The van der Waals surface area contributed by atoms with E-state index >= 15 is 0 Å². The highest BCUT2D eigenvalue weighted by molar-refractivity contribution is 7.15. The van der Waals surface area contributed by atoms with E-state index in [2.05, 4.69) is 11.6 Å². The number of aromatic nitrogens is 1. The van der Waals surface area contributed by atoms with Crippen LogP contribution in [0.1, 0.15) is 11.0 Å². The first-order valence-electron chi connectivity index (χ1n) is 3.59. The van der Waals surface area contributed by atoms with Crippen LogP contribution in [0.15, 0.2) is 18.9 Å². The molecule has 1 heterocycles. The molecule has 0 saturated heterocycles. The van der Waals surface area contributed by atoms with Gasteiger partial charge in [-0.05, 0) is 0 Å². The van der Waals surface area contributed by atoms with Crippen molar-refractivity contribution in [3.63, 3.8) is 0 Å². The fourth-order valence-corrected chi connectivity index (χ4v) is 1.56. The maximum atomic E-state index is 9.36. The summed E-state index contributed by atoms with van der Waals surface area (Å²) >= 11 is 1.47. The Balaban J connectivity index is 2.83. The second-order valence-electron chi connectivity index (χ2n) is 2.62. The molecule has 0 fully saturated rings. The van der Waals surface area contributed by atoms with E-state index in [1.807, 2.05) is 19.0 Å². The summed E-state index contributed by atoms with van der Waals surface area (Å²) < 4.78 is 0. The summed E-state index contributed by atoms with van der Waals surface area (Å²) in [6, 6.07) is 0. The van der Waals surface area contributed by atoms with E-state index in [1.165, 1.54) is 17.4 Å². The molecule has 1 N–H and O–H groups in total. The van der Waals surface area contributed by atoms with Crippen LogP contribution in [0.4, 0.5) is 5.13 Å². The molecule has 0 radical (unpaired) electrons. The van der Waals surface area contributed by atoms with Gasteiger partial charge in [0.25, 0.3) is 0 Å². The topological polar surface area (TPSA) is 36.4 Å². The van der Waals surface area contributed by atoms with E-state index < -0.39 is 6.10 Å². The van der Waals surface area contributed by atoms with Crippen molar-refractivity contribution >= 4 is 16.5 Å². The Kier molecular flexibility index (Phi) is 2.83. The number of hydrogen-bond donors (Lipinski definition) is 1. The zero-order valence-electron chi connectivity index (χ0n) is 7.19. The van der Waals surface area contributed by atoms with Crippen molar-refractivity contribution < 1.29 is 5.11 Å². The average molecular weight is 184 g/mol. The van der Waals surface area contributed by atoms with Gasteiger partial charge in [-0.15, -0.1) is 6.58 Å². The highest BCUT2D eigenvalue weighted by Crippen LogP contribution is 2.26. The Bertz CT molecular complexity index is 270. The Hall–Kier alpha value is -0.870. The van der Waals surface area contributed by atoms with E-state index in [0.717, 1.165) is 10.0 Å². The van der Waals surface area contributed by atoms with Crippen LogP contribution in [0.25, 0.3) is 0 Å². The van der Waals surface area contributed by atoms with Gasteiger partial charge in [-0.3, -0.25) is 0 Å². The predicted octanol–water partition coefficient (Wildman–Crippen LogP) is 1.43. The molecular formula is C8H12N2OS. The first kappa shape index (κ1) is 9.22. The summed E-state index contributed by atoms with van der Waals surface area (Å²) in [4.78, 5) is 6.86. The number of aliphatic hydroxyl groups is 1. The van der Waals surface area contributed by atoms with Crippen LogP contribution in [-0.2, 0) is 0 Å². The number of nitrogens with zero attached hydrogens (tertiary/aromatic N) is 2. The minimum Gasteiger partial charge on any atom is -0.383 e. The third-order valence-corrected chi connectivity index (χ3v) is 2.64. The SMILES string of the molecule is C=CC(O)c1cnc(N(C)C)s1. The summed E-state index contributed by atoms with van der Waals surface area (Å²) in [5.74, 6) is 0. The first-order chi connectivity index (χ1) is 5.65. The largest absolute Gasteiger partial charge is 0.383 e. The van der Waals surface area contributed by atoms with Crippen molar-refractivity contribution in [3.8, 4) is 0 Å². The van der Waals surface area contributed by atoms with Crippen LogP contribution in [-0.4, -0.2) is 24.2 Å². The van der Waals surface area contributed by atoms with E-state index in [4.69, 9.17) is 0 Å². The number of anilines is 1. The fraction of sp³-hybridized carbons (Fsp3) is 0.375. The number of hydrogen-bond acceptors (Lipinski definition) is 4. The maximum absolute atomic E-state index is 9.36. The molecule has 66 valence electrons. The lowest BCUT2D eigenvalue weighted by molar-refractivity contribution is 0.232. The lowest BCUT2D eigenvalue weighted by Crippen LogP contribution is -2.07. The quantitative estimate of drug-likeness (QED) is 0.722. The van der Waals surface area contributed by atoms with E-state index in [-0.39, 0.29) is 0 Å². The van der Waals surface area contributed by atoms with Crippen molar-refractivity contribution in [1.29, 1.82) is 0 Å². The lowest BCUT2D eigenvalue weighted by atomic mass is 10.3. The fourth-order valence-electron chi connectivity index (χ4n) is 0.737. The smallest absolute Gasteiger partial charge is 0.185 e. The normalized spacial score (nSPS) is 12.6. The van der Waals surface area contributed by atoms with Crippen LogP contribution in [0.2, 0.25) is 0 Å². The van der Waals surface area contributed by atoms with Gasteiger partial charge in [-0.25, -0.2) is 4.98 Å². The van der Waals surface area contributed by atoms with Gasteiger partial charge in [0.2, 0.25) is 0 Å². The molecule has 12 heavy (non-hydrogen) atoms. The Morgan fingerprint density at radius 3 is 2.83 bits per heavy atom. The average Bonchev–Trinajstić information content (AvgIpc) is 2.51. The van der Waals surface area contributed by atoms with Crippen molar-refractivity contribution in [2.75, 3.05) is 19.0 Å². The van der Waals surface area contributed by atoms with Crippen LogP contribution in [0, 0.1) is 0 Å². The van der Waals surface area contributed by atoms with E-state index in [0.29, 0.717) is 0 Å². The number of rotatable bonds is 3. The van der Waals surface area contributed by atoms with Crippen LogP contribution >= 0.6 is 11.3 Å². The Morgan fingerprint density at radius 2 is 2.42 bits per heavy atom. The summed E-state index contributed by atoms with van der Waals surface area (Å²) in [6.07, 6.45) is 2.58. The summed E-state index contributed by atoms with van der Waals surface area (Å²) in [6.45, 7) is 3.51. The molecule has 1 aromatic heterocycles. The van der Waals surface area contributed by atoms with Crippen molar-refractivity contribution in [2.45, 2.75) is 6.10 Å². The van der Waals surface area contributed by atoms with Crippen LogP contribution in [0.5, 0.6) is 0 Å². The second-order valence-corrected chi connectivity index (χ2v) is 3.66.